The fraction of sp³-hybridized carbons (Fsp3) is 0.240. The molecule has 226 valence electrons. The Labute approximate surface area is 233 Å². The van der Waals surface area contributed by atoms with Crippen LogP contribution in [0.25, 0.3) is 22.5 Å². The summed E-state index contributed by atoms with van der Waals surface area (Å²) in [6, 6.07) is 13.8. The summed E-state index contributed by atoms with van der Waals surface area (Å²) in [5.41, 5.74) is 3.69. The Kier molecular flexibility index (Phi) is 11.2. The minimum Gasteiger partial charge on any atom is -0.475 e. The number of likely N-dealkylation sites (N-methyl/N-ethyl adjacent to an activating group) is 1. The van der Waals surface area contributed by atoms with Crippen LogP contribution in [-0.2, 0) is 9.59 Å². The second-order valence-electron chi connectivity index (χ2n) is 8.43. The number of hydrogen-bond acceptors (Lipinski definition) is 6. The molecule has 4 aromatic heterocycles. The van der Waals surface area contributed by atoms with E-state index >= 15 is 0 Å². The molecule has 0 fully saturated rings. The van der Waals surface area contributed by atoms with Gasteiger partial charge in [-0.2, -0.15) is 31.4 Å². The number of nitrogens with zero attached hydrogens (tertiary/aromatic N) is 5. The molecular weight excluding hydrogens is 578 g/mol. The molecule has 0 radical (unpaired) electrons. The average Bonchev–Trinajstić information content (AvgIpc) is 3.55. The van der Waals surface area contributed by atoms with E-state index in [4.69, 9.17) is 19.8 Å². The van der Waals surface area contributed by atoms with Gasteiger partial charge in [-0.15, -0.1) is 0 Å². The molecule has 17 heteroatoms. The predicted octanol–water partition coefficient (Wildman–Crippen LogP) is 3.75. The summed E-state index contributed by atoms with van der Waals surface area (Å²) in [6.45, 7) is 1.36. The molecule has 0 aliphatic carbocycles. The van der Waals surface area contributed by atoms with Crippen LogP contribution >= 0.6 is 0 Å². The van der Waals surface area contributed by atoms with Crippen LogP contribution in [0.1, 0.15) is 10.5 Å². The molecule has 11 nitrogen and oxygen atoms in total. The number of rotatable bonds is 6. The first-order chi connectivity index (χ1) is 19.5. The number of pyridine rings is 2. The summed E-state index contributed by atoms with van der Waals surface area (Å²) >= 11 is 0. The van der Waals surface area contributed by atoms with Crippen molar-refractivity contribution in [2.45, 2.75) is 12.4 Å². The van der Waals surface area contributed by atoms with Crippen LogP contribution in [-0.4, -0.2) is 91.7 Å². The van der Waals surface area contributed by atoms with Crippen LogP contribution in [0.2, 0.25) is 0 Å². The molecule has 4 heterocycles. The number of fused-ring (bicyclic) bond motifs is 1. The van der Waals surface area contributed by atoms with Crippen LogP contribution in [0.3, 0.4) is 0 Å². The molecule has 0 atom stereocenters. The van der Waals surface area contributed by atoms with Gasteiger partial charge in [0.15, 0.2) is 0 Å². The van der Waals surface area contributed by atoms with E-state index in [0.29, 0.717) is 12.2 Å². The van der Waals surface area contributed by atoms with Crippen LogP contribution < -0.4 is 5.32 Å². The first-order valence-electron chi connectivity index (χ1n) is 11.6. The van der Waals surface area contributed by atoms with Crippen LogP contribution in [0.5, 0.6) is 0 Å². The lowest BCUT2D eigenvalue weighted by atomic mass is 10.1. The van der Waals surface area contributed by atoms with Gasteiger partial charge in [0, 0.05) is 37.2 Å². The molecule has 0 aliphatic heterocycles. The Balaban J connectivity index is 0.000000367. The maximum atomic E-state index is 12.6. The normalized spacial score (nSPS) is 11.3. The highest BCUT2D eigenvalue weighted by atomic mass is 19.4. The molecule has 0 saturated carbocycles. The second kappa shape index (κ2) is 14.1. The number of carboxylic acids is 2. The molecule has 42 heavy (non-hydrogen) atoms. The zero-order valence-electron chi connectivity index (χ0n) is 21.9. The predicted molar refractivity (Wildman–Crippen MR) is 136 cm³/mol. The van der Waals surface area contributed by atoms with Gasteiger partial charge in [-0.3, -0.25) is 9.78 Å². The summed E-state index contributed by atoms with van der Waals surface area (Å²) in [5, 5.41) is 21.6. The maximum absolute atomic E-state index is 12.6. The lowest BCUT2D eigenvalue weighted by Gasteiger charge is -2.12. The SMILES string of the molecule is CN(C)CCNC(=O)c1ccnn1-c1ccc2ccc(-c3ccncc3)cn12.O=C(O)C(F)(F)F.O=C(O)C(F)(F)F. The van der Waals surface area contributed by atoms with Crippen molar-refractivity contribution in [3.05, 3.63) is 72.9 Å². The molecule has 0 aromatic carbocycles. The number of carbonyl (C=O) groups is 3. The van der Waals surface area contributed by atoms with Crippen molar-refractivity contribution in [3.63, 3.8) is 0 Å². The number of aromatic nitrogens is 4. The van der Waals surface area contributed by atoms with Gasteiger partial charge in [0.2, 0.25) is 0 Å². The van der Waals surface area contributed by atoms with Crippen molar-refractivity contribution in [3.8, 4) is 16.9 Å². The largest absolute Gasteiger partial charge is 0.490 e. The van der Waals surface area contributed by atoms with Crippen molar-refractivity contribution in [1.82, 2.24) is 29.4 Å². The highest BCUT2D eigenvalue weighted by molar-refractivity contribution is 5.93. The van der Waals surface area contributed by atoms with E-state index in [9.17, 15) is 31.1 Å². The van der Waals surface area contributed by atoms with Gasteiger partial charge in [0.1, 0.15) is 11.5 Å². The number of carboxylic acid groups (broad SMARTS) is 2. The zero-order chi connectivity index (χ0) is 31.7. The van der Waals surface area contributed by atoms with Crippen molar-refractivity contribution < 1.29 is 50.9 Å². The molecule has 0 bridgehead atoms. The Hall–Kier alpha value is -4.93. The lowest BCUT2D eigenvalue weighted by molar-refractivity contribution is -0.193. The highest BCUT2D eigenvalue weighted by Crippen LogP contribution is 2.23. The third kappa shape index (κ3) is 9.61. The summed E-state index contributed by atoms with van der Waals surface area (Å²) < 4.78 is 67.2. The van der Waals surface area contributed by atoms with Gasteiger partial charge in [-0.05, 0) is 61.6 Å². The summed E-state index contributed by atoms with van der Waals surface area (Å²) in [6.07, 6.45) is -2.91. The molecule has 0 saturated heterocycles. The number of hydrogen-bond donors (Lipinski definition) is 3. The third-order valence-corrected chi connectivity index (χ3v) is 5.07. The minimum absolute atomic E-state index is 0.139. The first-order valence-corrected chi connectivity index (χ1v) is 11.6. The van der Waals surface area contributed by atoms with Gasteiger partial charge in [0.25, 0.3) is 5.91 Å². The zero-order valence-corrected chi connectivity index (χ0v) is 21.9. The molecule has 3 N–H and O–H groups in total. The average molecular weight is 602 g/mol. The fourth-order valence-electron chi connectivity index (χ4n) is 3.12. The van der Waals surface area contributed by atoms with Gasteiger partial charge < -0.3 is 24.8 Å². The van der Waals surface area contributed by atoms with Crippen LogP contribution in [0.4, 0.5) is 26.3 Å². The van der Waals surface area contributed by atoms with Crippen molar-refractivity contribution in [2.75, 3.05) is 27.2 Å². The summed E-state index contributed by atoms with van der Waals surface area (Å²) in [5.74, 6) is -4.84. The maximum Gasteiger partial charge on any atom is 0.490 e. The minimum atomic E-state index is -5.08. The highest BCUT2D eigenvalue weighted by Gasteiger charge is 2.38. The standard InChI is InChI=1S/C21H22N6O.2C2HF3O2/c1-25(2)14-13-23-21(28)19-9-12-24-27(19)20-6-5-18-4-3-17(15-26(18)20)16-7-10-22-11-8-16;2*3-2(4,5)1(6)7/h3-12,15H,13-14H2,1-2H3,(H,23,28);2*(H,6,7). The van der Waals surface area contributed by atoms with Crippen molar-refractivity contribution in [2.24, 2.45) is 0 Å². The Morgan fingerprint density at radius 2 is 1.38 bits per heavy atom. The van der Waals surface area contributed by atoms with Crippen LogP contribution in [0.15, 0.2) is 67.3 Å². The molecule has 4 rings (SSSR count). The van der Waals surface area contributed by atoms with E-state index in [0.717, 1.165) is 29.0 Å². The molecular formula is C25H24F6N6O5. The fourth-order valence-corrected chi connectivity index (χ4v) is 3.12. The van der Waals surface area contributed by atoms with Crippen molar-refractivity contribution >= 4 is 23.4 Å². The Bertz CT molecular complexity index is 1470. The topological polar surface area (TPSA) is 142 Å². The first kappa shape index (κ1) is 33.3. The van der Waals surface area contributed by atoms with E-state index in [1.165, 1.54) is 0 Å². The van der Waals surface area contributed by atoms with E-state index in [1.54, 1.807) is 29.3 Å². The number of aliphatic carboxylic acids is 2. The molecule has 0 unspecified atom stereocenters. The number of halogens is 6. The third-order valence-electron chi connectivity index (χ3n) is 5.07. The summed E-state index contributed by atoms with van der Waals surface area (Å²) in [7, 11) is 3.95. The number of nitrogens with one attached hydrogen (secondary N) is 1. The molecule has 4 aromatic rings. The Morgan fingerprint density at radius 3 is 1.90 bits per heavy atom. The quantitative estimate of drug-likeness (QED) is 0.284. The number of carbonyl (C=O) groups excluding carboxylic acids is 1. The van der Waals surface area contributed by atoms with E-state index in [-0.39, 0.29) is 5.91 Å². The van der Waals surface area contributed by atoms with Gasteiger partial charge >= 0.3 is 24.3 Å². The number of alkyl halides is 6. The van der Waals surface area contributed by atoms with E-state index in [1.807, 2.05) is 47.7 Å². The van der Waals surface area contributed by atoms with E-state index < -0.39 is 24.3 Å². The van der Waals surface area contributed by atoms with E-state index in [2.05, 4.69) is 33.7 Å². The van der Waals surface area contributed by atoms with Gasteiger partial charge in [0.05, 0.1) is 6.20 Å². The monoisotopic (exact) mass is 602 g/mol. The summed E-state index contributed by atoms with van der Waals surface area (Å²) in [4.78, 5) is 36.5. The van der Waals surface area contributed by atoms with Crippen LogP contribution in [0, 0.1) is 0 Å². The smallest absolute Gasteiger partial charge is 0.475 e. The molecule has 0 aliphatic rings. The lowest BCUT2D eigenvalue weighted by Crippen LogP contribution is -2.32. The Morgan fingerprint density at radius 1 is 0.833 bits per heavy atom. The molecule has 0 spiro atoms. The van der Waals surface area contributed by atoms with Gasteiger partial charge in [-0.25, -0.2) is 14.3 Å². The second-order valence-corrected chi connectivity index (χ2v) is 8.43. The molecule has 1 amide bonds. The van der Waals surface area contributed by atoms with Crippen molar-refractivity contribution in [1.29, 1.82) is 0 Å². The van der Waals surface area contributed by atoms with Gasteiger partial charge in [-0.1, -0.05) is 6.07 Å². The number of amides is 1.